The second kappa shape index (κ2) is 4.58. The fourth-order valence-electron chi connectivity index (χ4n) is 2.78. The van der Waals surface area contributed by atoms with Gasteiger partial charge in [-0.2, -0.15) is 13.2 Å². The molecule has 21 heavy (non-hydrogen) atoms. The van der Waals surface area contributed by atoms with E-state index >= 15 is 0 Å². The van der Waals surface area contributed by atoms with Crippen molar-refractivity contribution < 1.29 is 13.2 Å². The van der Waals surface area contributed by atoms with Gasteiger partial charge in [-0.3, -0.25) is 4.99 Å². The van der Waals surface area contributed by atoms with Crippen molar-refractivity contribution in [2.45, 2.75) is 26.4 Å². The highest BCUT2D eigenvalue weighted by molar-refractivity contribution is 6.08. The molecule has 1 aliphatic carbocycles. The van der Waals surface area contributed by atoms with E-state index in [-0.39, 0.29) is 5.41 Å². The molecule has 0 atom stereocenters. The highest BCUT2D eigenvalue weighted by atomic mass is 19.4. The van der Waals surface area contributed by atoms with Crippen LogP contribution < -0.4 is 0 Å². The summed E-state index contributed by atoms with van der Waals surface area (Å²) in [6.45, 7) is 5.07. The lowest BCUT2D eigenvalue weighted by molar-refractivity contribution is -0.137. The number of benzene rings is 1. The Morgan fingerprint density at radius 1 is 1.10 bits per heavy atom. The molecular formula is C17H16F3N. The van der Waals surface area contributed by atoms with Crippen molar-refractivity contribution in [2.75, 3.05) is 6.54 Å². The molecule has 1 aromatic carbocycles. The molecule has 1 nitrogen and oxygen atoms in total. The van der Waals surface area contributed by atoms with Gasteiger partial charge in [0, 0.05) is 24.1 Å². The summed E-state index contributed by atoms with van der Waals surface area (Å²) in [6.07, 6.45) is 0.571. The molecule has 0 N–H and O–H groups in total. The number of hydrogen-bond acceptors (Lipinski definition) is 1. The Morgan fingerprint density at radius 2 is 1.76 bits per heavy atom. The molecule has 0 fully saturated rings. The predicted octanol–water partition coefficient (Wildman–Crippen LogP) is 4.90. The maximum Gasteiger partial charge on any atom is 0.416 e. The Hall–Kier alpha value is -1.84. The molecule has 0 saturated carbocycles. The number of aliphatic imine (C=N–C) groups is 1. The summed E-state index contributed by atoms with van der Waals surface area (Å²) in [6, 6.07) is 5.35. The summed E-state index contributed by atoms with van der Waals surface area (Å²) >= 11 is 0. The Kier molecular flexibility index (Phi) is 3.08. The van der Waals surface area contributed by atoms with Gasteiger partial charge in [0.25, 0.3) is 0 Å². The number of hydrogen-bond donors (Lipinski definition) is 0. The smallest absolute Gasteiger partial charge is 0.288 e. The van der Waals surface area contributed by atoms with Crippen LogP contribution in [0.4, 0.5) is 13.2 Å². The molecule has 0 amide bonds. The van der Waals surface area contributed by atoms with Gasteiger partial charge in [-0.25, -0.2) is 0 Å². The van der Waals surface area contributed by atoms with Crippen molar-refractivity contribution in [1.29, 1.82) is 0 Å². The van der Waals surface area contributed by atoms with Crippen molar-refractivity contribution in [1.82, 2.24) is 0 Å². The van der Waals surface area contributed by atoms with Crippen LogP contribution in [0, 0.1) is 5.41 Å². The van der Waals surface area contributed by atoms with Gasteiger partial charge < -0.3 is 0 Å². The summed E-state index contributed by atoms with van der Waals surface area (Å²) in [4.78, 5) is 4.54. The van der Waals surface area contributed by atoms with E-state index in [0.717, 1.165) is 41.9 Å². The number of nitrogens with zero attached hydrogens (tertiary/aromatic N) is 1. The van der Waals surface area contributed by atoms with Gasteiger partial charge in [-0.05, 0) is 34.9 Å². The van der Waals surface area contributed by atoms with E-state index in [9.17, 15) is 13.2 Å². The number of halogens is 3. The van der Waals surface area contributed by atoms with Crippen LogP contribution in [0.5, 0.6) is 0 Å². The molecule has 1 aliphatic heterocycles. The zero-order valence-electron chi connectivity index (χ0n) is 12.0. The number of fused-ring (bicyclic) bond motifs is 1. The van der Waals surface area contributed by atoms with E-state index in [1.54, 1.807) is 0 Å². The molecule has 1 heterocycles. The van der Waals surface area contributed by atoms with E-state index in [2.05, 4.69) is 24.9 Å². The largest absolute Gasteiger partial charge is 0.416 e. The maximum absolute atomic E-state index is 12.6. The normalized spacial score (nSPS) is 20.5. The van der Waals surface area contributed by atoms with E-state index < -0.39 is 11.7 Å². The molecule has 0 saturated heterocycles. The van der Waals surface area contributed by atoms with Crippen molar-refractivity contribution in [3.8, 4) is 0 Å². The molecule has 0 spiro atoms. The third-order valence-electron chi connectivity index (χ3n) is 4.07. The zero-order chi connectivity index (χ0) is 15.3. The van der Waals surface area contributed by atoms with Crippen LogP contribution >= 0.6 is 0 Å². The van der Waals surface area contributed by atoms with Gasteiger partial charge in [0.15, 0.2) is 0 Å². The van der Waals surface area contributed by atoms with Gasteiger partial charge in [0.2, 0.25) is 0 Å². The highest BCUT2D eigenvalue weighted by Crippen LogP contribution is 2.39. The topological polar surface area (TPSA) is 12.4 Å². The average molecular weight is 291 g/mol. The van der Waals surface area contributed by atoms with Crippen LogP contribution in [0.25, 0.3) is 5.57 Å². The first kappa shape index (κ1) is 14.1. The summed E-state index contributed by atoms with van der Waals surface area (Å²) < 4.78 is 37.8. The minimum absolute atomic E-state index is 0.0146. The van der Waals surface area contributed by atoms with Crippen LogP contribution in [0.15, 0.2) is 47.0 Å². The van der Waals surface area contributed by atoms with Crippen molar-refractivity contribution in [3.05, 3.63) is 53.1 Å². The molecule has 0 bridgehead atoms. The Morgan fingerprint density at radius 3 is 2.38 bits per heavy atom. The number of rotatable bonds is 1. The molecule has 2 aliphatic rings. The van der Waals surface area contributed by atoms with Crippen LogP contribution in [0.1, 0.15) is 31.4 Å². The lowest BCUT2D eigenvalue weighted by Crippen LogP contribution is -2.18. The average Bonchev–Trinajstić information content (AvgIpc) is 2.73. The highest BCUT2D eigenvalue weighted by Gasteiger charge is 2.33. The first-order chi connectivity index (χ1) is 9.77. The van der Waals surface area contributed by atoms with E-state index in [1.807, 2.05) is 6.08 Å². The van der Waals surface area contributed by atoms with Crippen LogP contribution in [-0.2, 0) is 6.18 Å². The van der Waals surface area contributed by atoms with Gasteiger partial charge in [-0.1, -0.05) is 32.1 Å². The maximum atomic E-state index is 12.6. The lowest BCUT2D eigenvalue weighted by Gasteiger charge is -2.23. The first-order valence-electron chi connectivity index (χ1n) is 6.91. The molecular weight excluding hydrogens is 275 g/mol. The quantitative estimate of drug-likeness (QED) is 0.698. The van der Waals surface area contributed by atoms with Crippen LogP contribution in [-0.4, -0.2) is 12.3 Å². The summed E-state index contributed by atoms with van der Waals surface area (Å²) in [7, 11) is 0. The summed E-state index contributed by atoms with van der Waals surface area (Å²) in [5.74, 6) is 0. The van der Waals surface area contributed by atoms with E-state index in [4.69, 9.17) is 0 Å². The van der Waals surface area contributed by atoms with Crippen molar-refractivity contribution in [2.24, 2.45) is 10.4 Å². The molecule has 0 unspecified atom stereocenters. The fraction of sp³-hybridized carbons (Fsp3) is 0.353. The lowest BCUT2D eigenvalue weighted by atomic mass is 9.79. The second-order valence-corrected chi connectivity index (χ2v) is 6.14. The SMILES string of the molecule is CC1(C)CN=C2CC=C(c3ccc(C(F)(F)F)cc3)C=C21. The third-order valence-corrected chi connectivity index (χ3v) is 4.07. The van der Waals surface area contributed by atoms with Crippen molar-refractivity contribution in [3.63, 3.8) is 0 Å². The second-order valence-electron chi connectivity index (χ2n) is 6.14. The zero-order valence-corrected chi connectivity index (χ0v) is 12.0. The van der Waals surface area contributed by atoms with E-state index in [0.29, 0.717) is 0 Å². The summed E-state index contributed by atoms with van der Waals surface area (Å²) in [5.41, 5.74) is 3.51. The minimum atomic E-state index is -4.29. The Labute approximate surface area is 121 Å². The van der Waals surface area contributed by atoms with Gasteiger partial charge >= 0.3 is 6.18 Å². The third kappa shape index (κ3) is 2.55. The van der Waals surface area contributed by atoms with Crippen LogP contribution in [0.3, 0.4) is 0 Å². The van der Waals surface area contributed by atoms with Gasteiger partial charge in [0.1, 0.15) is 0 Å². The Balaban J connectivity index is 1.92. The van der Waals surface area contributed by atoms with Crippen LogP contribution in [0.2, 0.25) is 0 Å². The monoisotopic (exact) mass is 291 g/mol. The number of allylic oxidation sites excluding steroid dienone is 3. The molecule has 0 aromatic heterocycles. The predicted molar refractivity (Wildman–Crippen MR) is 78.2 cm³/mol. The summed E-state index contributed by atoms with van der Waals surface area (Å²) in [5, 5.41) is 0. The Bertz CT molecular complexity index is 658. The molecule has 1 aromatic rings. The molecule has 110 valence electrons. The molecule has 0 radical (unpaired) electrons. The standard InChI is InChI=1S/C17H16F3N/c1-16(2)10-21-15-8-5-12(9-14(15)16)11-3-6-13(7-4-11)17(18,19)20/h3-7,9H,8,10H2,1-2H3. The molecule has 3 rings (SSSR count). The minimum Gasteiger partial charge on any atom is -0.288 e. The molecule has 4 heteroatoms. The number of alkyl halides is 3. The van der Waals surface area contributed by atoms with E-state index in [1.165, 1.54) is 17.7 Å². The van der Waals surface area contributed by atoms with Gasteiger partial charge in [-0.15, -0.1) is 0 Å². The van der Waals surface area contributed by atoms with Crippen molar-refractivity contribution >= 4 is 11.3 Å². The first-order valence-corrected chi connectivity index (χ1v) is 6.91. The fourth-order valence-corrected chi connectivity index (χ4v) is 2.78. The van der Waals surface area contributed by atoms with Gasteiger partial charge in [0.05, 0.1) is 5.56 Å².